The van der Waals surface area contributed by atoms with Gasteiger partial charge in [0.1, 0.15) is 5.02 Å². The van der Waals surface area contributed by atoms with E-state index in [4.69, 9.17) is 16.6 Å². The largest absolute Gasteiger partial charge is 0.288 e. The number of para-hydroxylation sites is 1. The molecule has 7 nitrogen and oxygen atoms in total. The molecule has 0 aliphatic carbocycles. The number of nitro groups is 1. The highest BCUT2D eigenvalue weighted by atomic mass is 35.5. The summed E-state index contributed by atoms with van der Waals surface area (Å²) in [7, 11) is 0. The lowest BCUT2D eigenvalue weighted by molar-refractivity contribution is -0.384. The number of carbonyl (C=O) groups excluding carboxylic acids is 1. The van der Waals surface area contributed by atoms with Crippen molar-refractivity contribution < 1.29 is 9.72 Å². The fourth-order valence-electron chi connectivity index (χ4n) is 3.95. The maximum Gasteiger partial charge on any atom is 0.288 e. The molecular weight excluding hydrogens is 488 g/mol. The molecule has 0 saturated carbocycles. The van der Waals surface area contributed by atoms with E-state index in [9.17, 15) is 14.9 Å². The van der Waals surface area contributed by atoms with E-state index < -0.39 is 10.8 Å². The van der Waals surface area contributed by atoms with Crippen molar-refractivity contribution in [1.29, 1.82) is 0 Å². The zero-order valence-corrected chi connectivity index (χ0v) is 20.1. The first kappa shape index (κ1) is 23.8. The molecule has 1 heterocycles. The summed E-state index contributed by atoms with van der Waals surface area (Å²) in [6, 6.07) is 31.5. The lowest BCUT2D eigenvalue weighted by atomic mass is 10.0. The monoisotopic (exact) mass is 506 g/mol. The Morgan fingerprint density at radius 3 is 2.30 bits per heavy atom. The van der Waals surface area contributed by atoms with Crippen LogP contribution in [0.5, 0.6) is 0 Å². The molecule has 0 atom stereocenters. The van der Waals surface area contributed by atoms with Gasteiger partial charge in [0, 0.05) is 22.6 Å². The summed E-state index contributed by atoms with van der Waals surface area (Å²) in [5.41, 5.74) is 7.51. The van der Waals surface area contributed by atoms with Crippen LogP contribution in [-0.2, 0) is 0 Å². The van der Waals surface area contributed by atoms with Gasteiger partial charge in [0.2, 0.25) is 0 Å². The first-order valence-electron chi connectivity index (χ1n) is 11.3. The second-order valence-corrected chi connectivity index (χ2v) is 8.59. The number of hydrogen-bond acceptors (Lipinski definition) is 5. The Bertz CT molecular complexity index is 1650. The lowest BCUT2D eigenvalue weighted by Gasteiger charge is -2.10. The van der Waals surface area contributed by atoms with Crippen molar-refractivity contribution in [3.05, 3.63) is 129 Å². The average Bonchev–Trinajstić information content (AvgIpc) is 2.93. The van der Waals surface area contributed by atoms with Gasteiger partial charge in [-0.05, 0) is 29.3 Å². The third-order valence-electron chi connectivity index (χ3n) is 5.80. The molecule has 1 aromatic heterocycles. The smallest absolute Gasteiger partial charge is 0.267 e. The molecule has 0 spiro atoms. The molecule has 0 unspecified atom stereocenters. The van der Waals surface area contributed by atoms with Crippen molar-refractivity contribution in [2.45, 2.75) is 0 Å². The summed E-state index contributed by atoms with van der Waals surface area (Å²) < 4.78 is 0. The van der Waals surface area contributed by atoms with Gasteiger partial charge in [-0.15, -0.1) is 0 Å². The Hall–Kier alpha value is -4.88. The Morgan fingerprint density at radius 2 is 1.54 bits per heavy atom. The number of aromatic nitrogens is 1. The van der Waals surface area contributed by atoms with Crippen LogP contribution in [0.15, 0.2) is 108 Å². The zero-order chi connectivity index (χ0) is 25.8. The summed E-state index contributed by atoms with van der Waals surface area (Å²) in [5, 5.41) is 15.8. The third kappa shape index (κ3) is 5.22. The Morgan fingerprint density at radius 1 is 0.865 bits per heavy atom. The Balaban J connectivity index is 1.43. The summed E-state index contributed by atoms with van der Waals surface area (Å²) in [6.45, 7) is 0. The van der Waals surface area contributed by atoms with E-state index in [-0.39, 0.29) is 10.7 Å². The molecule has 5 rings (SSSR count). The predicted molar refractivity (Wildman–Crippen MR) is 146 cm³/mol. The normalized spacial score (nSPS) is 11.1. The lowest BCUT2D eigenvalue weighted by Crippen LogP contribution is -2.18. The number of halogens is 1. The van der Waals surface area contributed by atoms with Gasteiger partial charge >= 0.3 is 0 Å². The molecule has 37 heavy (non-hydrogen) atoms. The number of hydrogen-bond donors (Lipinski definition) is 1. The van der Waals surface area contributed by atoms with E-state index in [0.29, 0.717) is 27.7 Å². The number of pyridine rings is 1. The van der Waals surface area contributed by atoms with Gasteiger partial charge in [-0.25, -0.2) is 10.4 Å². The first-order chi connectivity index (χ1) is 18.0. The van der Waals surface area contributed by atoms with Gasteiger partial charge in [0.15, 0.2) is 0 Å². The average molecular weight is 507 g/mol. The van der Waals surface area contributed by atoms with Gasteiger partial charge in [0.05, 0.1) is 27.9 Å². The number of nitrogens with one attached hydrogen (secondary N) is 1. The molecule has 1 N–H and O–H groups in total. The van der Waals surface area contributed by atoms with Gasteiger partial charge in [-0.2, -0.15) is 5.10 Å². The molecule has 8 heteroatoms. The van der Waals surface area contributed by atoms with E-state index in [1.807, 2.05) is 66.7 Å². The number of amides is 1. The van der Waals surface area contributed by atoms with Crippen molar-refractivity contribution in [2.75, 3.05) is 0 Å². The Labute approximate surface area is 217 Å². The number of hydrazone groups is 1. The third-order valence-corrected chi connectivity index (χ3v) is 6.11. The number of carbonyl (C=O) groups is 1. The SMILES string of the molecule is O=C(NN=Cc1ccc(Cl)c([N+](=O)[O-])c1)c1cc(-c2ccc(-c3ccccc3)cc2)nc2ccccc12. The molecule has 0 saturated heterocycles. The highest BCUT2D eigenvalue weighted by molar-refractivity contribution is 6.32. The molecule has 0 aliphatic rings. The topological polar surface area (TPSA) is 97.5 Å². The van der Waals surface area contributed by atoms with Crippen molar-refractivity contribution in [2.24, 2.45) is 5.10 Å². The minimum absolute atomic E-state index is 0.0266. The van der Waals surface area contributed by atoms with Gasteiger partial charge in [-0.3, -0.25) is 14.9 Å². The maximum absolute atomic E-state index is 13.1. The predicted octanol–water partition coefficient (Wildman–Crippen LogP) is 6.89. The highest BCUT2D eigenvalue weighted by Crippen LogP contribution is 2.28. The van der Waals surface area contributed by atoms with E-state index >= 15 is 0 Å². The van der Waals surface area contributed by atoms with Crippen molar-refractivity contribution in [1.82, 2.24) is 10.4 Å². The molecule has 5 aromatic rings. The number of nitrogens with zero attached hydrogens (tertiary/aromatic N) is 3. The molecule has 180 valence electrons. The van der Waals surface area contributed by atoms with Crippen molar-refractivity contribution in [3.63, 3.8) is 0 Å². The Kier molecular flexibility index (Phi) is 6.70. The molecule has 0 bridgehead atoms. The van der Waals surface area contributed by atoms with Crippen LogP contribution in [-0.4, -0.2) is 22.0 Å². The number of rotatable bonds is 6. The molecule has 0 aliphatic heterocycles. The first-order valence-corrected chi connectivity index (χ1v) is 11.7. The number of nitro benzene ring substituents is 1. The van der Waals surface area contributed by atoms with E-state index in [2.05, 4.69) is 22.7 Å². The van der Waals surface area contributed by atoms with Gasteiger partial charge in [0.25, 0.3) is 11.6 Å². The van der Waals surface area contributed by atoms with Crippen LogP contribution < -0.4 is 5.43 Å². The van der Waals surface area contributed by atoms with Crippen LogP contribution in [0, 0.1) is 10.1 Å². The standard InChI is InChI=1S/C29H19ClN4O3/c30-25-15-10-19(16-28(25)34(36)37)18-31-33-29(35)24-17-27(32-26-9-5-4-8-23(24)26)22-13-11-21(12-14-22)20-6-2-1-3-7-20/h1-18H,(H,33,35). The van der Waals surface area contributed by atoms with E-state index in [0.717, 1.165) is 16.7 Å². The molecule has 0 fully saturated rings. The second kappa shape index (κ2) is 10.4. The van der Waals surface area contributed by atoms with E-state index in [1.165, 1.54) is 18.3 Å². The van der Waals surface area contributed by atoms with Crippen LogP contribution >= 0.6 is 11.6 Å². The highest BCUT2D eigenvalue weighted by Gasteiger charge is 2.15. The summed E-state index contributed by atoms with van der Waals surface area (Å²) in [4.78, 5) is 28.4. The van der Waals surface area contributed by atoms with Crippen LogP contribution in [0.2, 0.25) is 5.02 Å². The van der Waals surface area contributed by atoms with E-state index in [1.54, 1.807) is 12.1 Å². The number of fused-ring (bicyclic) bond motifs is 1. The van der Waals surface area contributed by atoms with Gasteiger partial charge in [-0.1, -0.05) is 90.5 Å². The van der Waals surface area contributed by atoms with Crippen molar-refractivity contribution in [3.8, 4) is 22.4 Å². The fourth-order valence-corrected chi connectivity index (χ4v) is 4.14. The van der Waals surface area contributed by atoms with Crippen LogP contribution in [0.3, 0.4) is 0 Å². The quantitative estimate of drug-likeness (QED) is 0.154. The molecule has 1 amide bonds. The van der Waals surface area contributed by atoms with Crippen molar-refractivity contribution >= 4 is 40.3 Å². The van der Waals surface area contributed by atoms with Crippen LogP contribution in [0.4, 0.5) is 5.69 Å². The number of benzene rings is 4. The summed E-state index contributed by atoms with van der Waals surface area (Å²) in [5.74, 6) is -0.430. The van der Waals surface area contributed by atoms with Crippen LogP contribution in [0.1, 0.15) is 15.9 Å². The zero-order valence-electron chi connectivity index (χ0n) is 19.3. The van der Waals surface area contributed by atoms with Crippen LogP contribution in [0.25, 0.3) is 33.3 Å². The summed E-state index contributed by atoms with van der Waals surface area (Å²) in [6.07, 6.45) is 1.33. The second-order valence-electron chi connectivity index (χ2n) is 8.18. The molecule has 4 aromatic carbocycles. The molecule has 0 radical (unpaired) electrons. The molecular formula is C29H19ClN4O3. The minimum atomic E-state index is -0.574. The minimum Gasteiger partial charge on any atom is -0.267 e. The maximum atomic E-state index is 13.1. The fraction of sp³-hybridized carbons (Fsp3) is 0. The van der Waals surface area contributed by atoms with Gasteiger partial charge < -0.3 is 0 Å². The summed E-state index contributed by atoms with van der Waals surface area (Å²) >= 11 is 5.85.